The number of halogens is 1. The molecule has 0 saturated carbocycles. The van der Waals surface area contributed by atoms with Gasteiger partial charge in [-0.3, -0.25) is 0 Å². The Morgan fingerprint density at radius 3 is 2.30 bits per heavy atom. The summed E-state index contributed by atoms with van der Waals surface area (Å²) in [6, 6.07) is 1.96. The second-order valence-electron chi connectivity index (χ2n) is 3.27. The highest BCUT2D eigenvalue weighted by atomic mass is 127. The smallest absolute Gasteiger partial charge is 0.196 e. The monoisotopic (exact) mass is 251 g/mol. The molecule has 0 spiro atoms. The number of nitrogens with zero attached hydrogens (tertiary/aromatic N) is 1. The summed E-state index contributed by atoms with van der Waals surface area (Å²) >= 11 is 2.11. The number of hydrogen-bond donors (Lipinski definition) is 0. The topological polar surface area (TPSA) is 26.0 Å². The van der Waals surface area contributed by atoms with E-state index < -0.39 is 0 Å². The van der Waals surface area contributed by atoms with Crippen molar-refractivity contribution in [1.82, 2.24) is 5.16 Å². The van der Waals surface area contributed by atoms with Gasteiger partial charge in [0.25, 0.3) is 0 Å². The van der Waals surface area contributed by atoms with E-state index in [9.17, 15) is 0 Å². The lowest BCUT2D eigenvalue weighted by molar-refractivity contribution is 0.375. The molecule has 1 heterocycles. The van der Waals surface area contributed by atoms with Gasteiger partial charge in [-0.15, -0.1) is 0 Å². The second-order valence-corrected chi connectivity index (χ2v) is 4.33. The Balaban J connectivity index is 2.96. The van der Waals surface area contributed by atoms with E-state index in [-0.39, 0.29) is 5.41 Å². The van der Waals surface area contributed by atoms with Gasteiger partial charge in [0.15, 0.2) is 3.77 Å². The SMILES string of the molecule is CC(C)(C)c1cc(I)on1. The van der Waals surface area contributed by atoms with Gasteiger partial charge in [-0.05, 0) is 0 Å². The summed E-state index contributed by atoms with van der Waals surface area (Å²) in [6.45, 7) is 6.34. The Morgan fingerprint density at radius 1 is 1.50 bits per heavy atom. The Hall–Kier alpha value is -0.0600. The van der Waals surface area contributed by atoms with Crippen molar-refractivity contribution in [2.24, 2.45) is 0 Å². The molecule has 0 aliphatic heterocycles. The molecule has 0 unspecified atom stereocenters. The Bertz CT molecular complexity index is 224. The first-order valence-electron chi connectivity index (χ1n) is 3.13. The maximum absolute atomic E-state index is 4.93. The van der Waals surface area contributed by atoms with Crippen LogP contribution in [0.2, 0.25) is 0 Å². The van der Waals surface area contributed by atoms with Crippen LogP contribution < -0.4 is 0 Å². The van der Waals surface area contributed by atoms with Crippen LogP contribution in [0.25, 0.3) is 0 Å². The fourth-order valence-electron chi connectivity index (χ4n) is 0.606. The third kappa shape index (κ3) is 1.71. The van der Waals surface area contributed by atoms with Crippen molar-refractivity contribution in [3.05, 3.63) is 15.5 Å². The molecule has 1 aromatic heterocycles. The maximum Gasteiger partial charge on any atom is 0.196 e. The molecule has 0 radical (unpaired) electrons. The van der Waals surface area contributed by atoms with Crippen LogP contribution in [-0.2, 0) is 5.41 Å². The van der Waals surface area contributed by atoms with E-state index in [1.54, 1.807) is 0 Å². The summed E-state index contributed by atoms with van der Waals surface area (Å²) in [5.74, 6) is 0. The summed E-state index contributed by atoms with van der Waals surface area (Å²) in [5, 5.41) is 3.90. The summed E-state index contributed by atoms with van der Waals surface area (Å²) in [5.41, 5.74) is 1.12. The average Bonchev–Trinajstić information content (AvgIpc) is 2.11. The molecule has 0 fully saturated rings. The highest BCUT2D eigenvalue weighted by Gasteiger charge is 2.17. The zero-order chi connectivity index (χ0) is 7.78. The Morgan fingerprint density at radius 2 is 2.10 bits per heavy atom. The van der Waals surface area contributed by atoms with E-state index in [4.69, 9.17) is 4.52 Å². The Labute approximate surface area is 74.1 Å². The van der Waals surface area contributed by atoms with E-state index in [1.807, 2.05) is 6.07 Å². The van der Waals surface area contributed by atoms with Gasteiger partial charge >= 0.3 is 0 Å². The molecule has 3 heteroatoms. The summed E-state index contributed by atoms with van der Waals surface area (Å²) < 4.78 is 5.78. The van der Waals surface area contributed by atoms with E-state index >= 15 is 0 Å². The molecule has 0 saturated heterocycles. The van der Waals surface area contributed by atoms with Crippen molar-refractivity contribution in [3.8, 4) is 0 Å². The van der Waals surface area contributed by atoms with Gasteiger partial charge < -0.3 is 4.52 Å². The maximum atomic E-state index is 4.93. The molecule has 0 aromatic carbocycles. The minimum atomic E-state index is 0.104. The first-order chi connectivity index (χ1) is 4.50. The largest absolute Gasteiger partial charge is 0.350 e. The van der Waals surface area contributed by atoms with Crippen LogP contribution in [0.3, 0.4) is 0 Å². The third-order valence-electron chi connectivity index (χ3n) is 1.25. The number of hydrogen-bond acceptors (Lipinski definition) is 2. The van der Waals surface area contributed by atoms with Gasteiger partial charge in [0, 0.05) is 34.1 Å². The lowest BCUT2D eigenvalue weighted by Crippen LogP contribution is -2.10. The fourth-order valence-corrected chi connectivity index (χ4v) is 1.000. The van der Waals surface area contributed by atoms with Crippen molar-refractivity contribution in [1.29, 1.82) is 0 Å². The first-order valence-corrected chi connectivity index (χ1v) is 4.21. The number of aromatic nitrogens is 1. The quantitative estimate of drug-likeness (QED) is 0.662. The van der Waals surface area contributed by atoms with Crippen LogP contribution >= 0.6 is 22.6 Å². The van der Waals surface area contributed by atoms with E-state index in [2.05, 4.69) is 48.5 Å². The molecular formula is C7H10INO. The van der Waals surface area contributed by atoms with Crippen LogP contribution in [0.1, 0.15) is 26.5 Å². The molecule has 1 rings (SSSR count). The second kappa shape index (κ2) is 2.53. The van der Waals surface area contributed by atoms with E-state index in [1.165, 1.54) is 0 Å². The van der Waals surface area contributed by atoms with Crippen molar-refractivity contribution in [2.75, 3.05) is 0 Å². The standard InChI is InChI=1S/C7H10INO/c1-7(2,3)5-4-6(8)10-9-5/h4H,1-3H3. The fraction of sp³-hybridized carbons (Fsp3) is 0.571. The molecule has 10 heavy (non-hydrogen) atoms. The van der Waals surface area contributed by atoms with Gasteiger partial charge in [0.05, 0.1) is 5.69 Å². The molecular weight excluding hydrogens is 241 g/mol. The number of rotatable bonds is 0. The summed E-state index contributed by atoms with van der Waals surface area (Å²) in [4.78, 5) is 0. The normalized spacial score (nSPS) is 12.0. The molecule has 0 bridgehead atoms. The molecule has 56 valence electrons. The van der Waals surface area contributed by atoms with Crippen LogP contribution in [0.5, 0.6) is 0 Å². The van der Waals surface area contributed by atoms with Crippen LogP contribution in [0, 0.1) is 3.77 Å². The molecule has 1 aromatic rings. The molecule has 0 N–H and O–H groups in total. The van der Waals surface area contributed by atoms with Gasteiger partial charge in [-0.1, -0.05) is 25.9 Å². The molecule has 0 aliphatic carbocycles. The molecule has 0 atom stereocenters. The highest BCUT2D eigenvalue weighted by molar-refractivity contribution is 14.1. The van der Waals surface area contributed by atoms with Crippen molar-refractivity contribution in [3.63, 3.8) is 0 Å². The van der Waals surface area contributed by atoms with Gasteiger partial charge in [-0.2, -0.15) is 0 Å². The van der Waals surface area contributed by atoms with Crippen LogP contribution in [-0.4, -0.2) is 5.16 Å². The first kappa shape index (κ1) is 8.04. The minimum absolute atomic E-state index is 0.104. The van der Waals surface area contributed by atoms with E-state index in [0.29, 0.717) is 0 Å². The van der Waals surface area contributed by atoms with Crippen molar-refractivity contribution < 1.29 is 4.52 Å². The molecule has 2 nitrogen and oxygen atoms in total. The van der Waals surface area contributed by atoms with E-state index in [0.717, 1.165) is 9.46 Å². The lowest BCUT2D eigenvalue weighted by atomic mass is 9.93. The zero-order valence-corrected chi connectivity index (χ0v) is 8.47. The summed E-state index contributed by atoms with van der Waals surface area (Å²) in [6.07, 6.45) is 0. The predicted octanol–water partition coefficient (Wildman–Crippen LogP) is 2.58. The minimum Gasteiger partial charge on any atom is -0.350 e. The van der Waals surface area contributed by atoms with Crippen molar-refractivity contribution >= 4 is 22.6 Å². The van der Waals surface area contributed by atoms with Crippen LogP contribution in [0.15, 0.2) is 10.6 Å². The van der Waals surface area contributed by atoms with Crippen LogP contribution in [0.4, 0.5) is 0 Å². The van der Waals surface area contributed by atoms with Crippen molar-refractivity contribution in [2.45, 2.75) is 26.2 Å². The lowest BCUT2D eigenvalue weighted by Gasteiger charge is -2.12. The highest BCUT2D eigenvalue weighted by Crippen LogP contribution is 2.21. The Kier molecular flexibility index (Phi) is 2.03. The molecule has 0 aliphatic rings. The summed E-state index contributed by atoms with van der Waals surface area (Å²) in [7, 11) is 0. The average molecular weight is 251 g/mol. The molecule has 0 amide bonds. The van der Waals surface area contributed by atoms with Gasteiger partial charge in [0.1, 0.15) is 0 Å². The third-order valence-corrected chi connectivity index (χ3v) is 1.76. The van der Waals surface area contributed by atoms with Gasteiger partial charge in [-0.25, -0.2) is 0 Å². The predicted molar refractivity (Wildman–Crippen MR) is 47.9 cm³/mol. The zero-order valence-electron chi connectivity index (χ0n) is 6.31. The van der Waals surface area contributed by atoms with Gasteiger partial charge in [0.2, 0.25) is 0 Å².